The number of rotatable bonds is 7. The second-order valence-electron chi connectivity index (χ2n) is 4.52. The summed E-state index contributed by atoms with van der Waals surface area (Å²) in [6, 6.07) is 7.57. The summed E-state index contributed by atoms with van der Waals surface area (Å²) in [6.45, 7) is 1.07. The van der Waals surface area contributed by atoms with Crippen molar-refractivity contribution in [2.45, 2.75) is 18.9 Å². The highest BCUT2D eigenvalue weighted by Crippen LogP contribution is 2.17. The first kappa shape index (κ1) is 14.5. The van der Waals surface area contributed by atoms with Gasteiger partial charge in [0.25, 0.3) is 0 Å². The molecule has 0 saturated heterocycles. The van der Waals surface area contributed by atoms with Crippen LogP contribution in [0, 0.1) is 0 Å². The number of benzene rings is 1. The smallest absolute Gasteiger partial charge is 0.233 e. The van der Waals surface area contributed by atoms with Crippen molar-refractivity contribution >= 4 is 27.7 Å². The van der Waals surface area contributed by atoms with E-state index in [0.717, 1.165) is 5.56 Å². The number of sulfonamides is 1. The molecule has 0 atom stereocenters. The summed E-state index contributed by atoms with van der Waals surface area (Å²) >= 11 is 5.76. The quantitative estimate of drug-likeness (QED) is 0.757. The van der Waals surface area contributed by atoms with Gasteiger partial charge in [-0.3, -0.25) is 0 Å². The molecule has 104 valence electrons. The van der Waals surface area contributed by atoms with Crippen molar-refractivity contribution in [3.8, 4) is 0 Å². The van der Waals surface area contributed by atoms with Gasteiger partial charge in [0.2, 0.25) is 10.0 Å². The molecule has 6 heteroatoms. The minimum atomic E-state index is -3.37. The summed E-state index contributed by atoms with van der Waals surface area (Å²) in [5.74, 6) is 0. The van der Waals surface area contributed by atoms with E-state index in [9.17, 15) is 8.42 Å². The van der Waals surface area contributed by atoms with Gasteiger partial charge in [-0.1, -0.05) is 23.7 Å². The Morgan fingerprint density at radius 1 is 1.21 bits per heavy atom. The van der Waals surface area contributed by atoms with Gasteiger partial charge in [0.05, 0.1) is 0 Å². The predicted molar refractivity (Wildman–Crippen MR) is 78.4 cm³/mol. The van der Waals surface area contributed by atoms with Gasteiger partial charge < -0.3 is 5.32 Å². The van der Waals surface area contributed by atoms with E-state index in [1.807, 2.05) is 0 Å². The largest absolute Gasteiger partial charge is 0.313 e. The predicted octanol–water partition coefficient (Wildman–Crippen LogP) is 1.98. The Labute approximate surface area is 118 Å². The van der Waals surface area contributed by atoms with Crippen LogP contribution in [0.4, 0.5) is 0 Å². The van der Waals surface area contributed by atoms with Crippen LogP contribution in [-0.4, -0.2) is 27.5 Å². The van der Waals surface area contributed by atoms with E-state index in [4.69, 9.17) is 11.6 Å². The van der Waals surface area contributed by atoms with Gasteiger partial charge in [0, 0.05) is 29.6 Å². The van der Waals surface area contributed by atoms with Crippen LogP contribution in [0.3, 0.4) is 0 Å². The van der Waals surface area contributed by atoms with Crippen molar-refractivity contribution in [1.82, 2.24) is 10.0 Å². The second-order valence-corrected chi connectivity index (χ2v) is 6.61. The third-order valence-electron chi connectivity index (χ3n) is 2.75. The van der Waals surface area contributed by atoms with Gasteiger partial charge in [0.15, 0.2) is 0 Å². The lowest BCUT2D eigenvalue weighted by atomic mass is 10.2. The van der Waals surface area contributed by atoms with E-state index in [1.54, 1.807) is 30.3 Å². The van der Waals surface area contributed by atoms with Crippen LogP contribution < -0.4 is 10.0 Å². The lowest BCUT2D eigenvalue weighted by Crippen LogP contribution is -2.31. The molecule has 0 spiro atoms. The molecule has 0 aliphatic heterocycles. The first-order valence-corrected chi connectivity index (χ1v) is 8.14. The normalized spacial score (nSPS) is 16.1. The molecule has 0 bridgehead atoms. The zero-order valence-electron chi connectivity index (χ0n) is 10.5. The maximum atomic E-state index is 11.7. The Morgan fingerprint density at radius 3 is 2.53 bits per heavy atom. The topological polar surface area (TPSA) is 58.2 Å². The lowest BCUT2D eigenvalue weighted by Gasteiger charge is -2.03. The van der Waals surface area contributed by atoms with Crippen molar-refractivity contribution in [2.75, 3.05) is 13.1 Å². The van der Waals surface area contributed by atoms with E-state index in [0.29, 0.717) is 24.2 Å². The van der Waals surface area contributed by atoms with Crippen molar-refractivity contribution in [3.05, 3.63) is 40.3 Å². The molecule has 0 radical (unpaired) electrons. The fraction of sp³-hybridized carbons (Fsp3) is 0.385. The standard InChI is InChI=1S/C13H17ClN2O2S/c14-12-3-1-11(2-4-12)7-10-19(17,18)16-9-8-15-13-5-6-13/h1-4,7,10,13,15-16H,5-6,8-9H2. The third-order valence-corrected chi connectivity index (χ3v) is 4.10. The van der Waals surface area contributed by atoms with Crippen molar-refractivity contribution in [1.29, 1.82) is 0 Å². The zero-order valence-corrected chi connectivity index (χ0v) is 12.0. The maximum absolute atomic E-state index is 11.7. The highest BCUT2D eigenvalue weighted by molar-refractivity contribution is 7.92. The molecule has 19 heavy (non-hydrogen) atoms. The maximum Gasteiger partial charge on any atom is 0.233 e. The Hall–Kier alpha value is -0.880. The molecule has 2 rings (SSSR count). The molecule has 0 aromatic heterocycles. The van der Waals surface area contributed by atoms with Crippen LogP contribution in [0.1, 0.15) is 18.4 Å². The highest BCUT2D eigenvalue weighted by atomic mass is 35.5. The van der Waals surface area contributed by atoms with E-state index >= 15 is 0 Å². The van der Waals surface area contributed by atoms with Gasteiger partial charge in [-0.25, -0.2) is 13.1 Å². The number of hydrogen-bond donors (Lipinski definition) is 2. The number of halogens is 1. The third kappa shape index (κ3) is 5.74. The summed E-state index contributed by atoms with van der Waals surface area (Å²) in [4.78, 5) is 0. The van der Waals surface area contributed by atoms with Crippen LogP contribution in [0.2, 0.25) is 5.02 Å². The summed E-state index contributed by atoms with van der Waals surface area (Å²) in [5.41, 5.74) is 0.797. The molecule has 0 amide bonds. The average molecular weight is 301 g/mol. The van der Waals surface area contributed by atoms with Crippen LogP contribution >= 0.6 is 11.6 Å². The molecular weight excluding hydrogens is 284 g/mol. The zero-order chi connectivity index (χ0) is 13.7. The van der Waals surface area contributed by atoms with Gasteiger partial charge >= 0.3 is 0 Å². The fourth-order valence-electron chi connectivity index (χ4n) is 1.55. The van der Waals surface area contributed by atoms with E-state index < -0.39 is 10.0 Å². The van der Waals surface area contributed by atoms with Gasteiger partial charge in [-0.05, 0) is 36.6 Å². The summed E-state index contributed by atoms with van der Waals surface area (Å²) in [6.07, 6.45) is 3.94. The van der Waals surface area contributed by atoms with Gasteiger partial charge in [-0.2, -0.15) is 0 Å². The number of nitrogens with one attached hydrogen (secondary N) is 2. The molecule has 1 aromatic rings. The van der Waals surface area contributed by atoms with Gasteiger partial charge in [-0.15, -0.1) is 0 Å². The Balaban J connectivity index is 1.79. The summed E-state index contributed by atoms with van der Waals surface area (Å²) in [5, 5.41) is 5.05. The van der Waals surface area contributed by atoms with E-state index in [-0.39, 0.29) is 0 Å². The monoisotopic (exact) mass is 300 g/mol. The Morgan fingerprint density at radius 2 is 1.89 bits per heavy atom. The first-order valence-electron chi connectivity index (χ1n) is 6.22. The molecule has 0 unspecified atom stereocenters. The average Bonchev–Trinajstić information content (AvgIpc) is 3.18. The second kappa shape index (κ2) is 6.52. The fourth-order valence-corrected chi connectivity index (χ4v) is 2.49. The highest BCUT2D eigenvalue weighted by Gasteiger charge is 2.19. The Kier molecular flexibility index (Phi) is 4.99. The van der Waals surface area contributed by atoms with Gasteiger partial charge in [0.1, 0.15) is 0 Å². The van der Waals surface area contributed by atoms with Crippen molar-refractivity contribution < 1.29 is 8.42 Å². The SMILES string of the molecule is O=S(=O)(C=Cc1ccc(Cl)cc1)NCCNC1CC1. The van der Waals surface area contributed by atoms with Crippen LogP contribution in [0.5, 0.6) is 0 Å². The Bertz CT molecular complexity index is 536. The first-order chi connectivity index (χ1) is 9.05. The van der Waals surface area contributed by atoms with E-state index in [1.165, 1.54) is 18.2 Å². The molecule has 1 saturated carbocycles. The lowest BCUT2D eigenvalue weighted by molar-refractivity contribution is 0.584. The summed E-state index contributed by atoms with van der Waals surface area (Å²) in [7, 11) is -3.37. The van der Waals surface area contributed by atoms with Crippen LogP contribution in [0.15, 0.2) is 29.7 Å². The molecule has 4 nitrogen and oxygen atoms in total. The van der Waals surface area contributed by atoms with Crippen molar-refractivity contribution in [3.63, 3.8) is 0 Å². The molecule has 1 aromatic carbocycles. The molecule has 0 heterocycles. The minimum absolute atomic E-state index is 0.407. The minimum Gasteiger partial charge on any atom is -0.313 e. The van der Waals surface area contributed by atoms with Crippen molar-refractivity contribution in [2.24, 2.45) is 0 Å². The molecule has 2 N–H and O–H groups in total. The van der Waals surface area contributed by atoms with Crippen LogP contribution in [0.25, 0.3) is 6.08 Å². The molecule has 1 aliphatic rings. The molecule has 1 fully saturated rings. The van der Waals surface area contributed by atoms with Crippen LogP contribution in [-0.2, 0) is 10.0 Å². The number of hydrogen-bond acceptors (Lipinski definition) is 3. The van der Waals surface area contributed by atoms with E-state index in [2.05, 4.69) is 10.0 Å². The molecule has 1 aliphatic carbocycles. The summed E-state index contributed by atoms with van der Waals surface area (Å²) < 4.78 is 25.9. The molecular formula is C13H17ClN2O2S.